The molecule has 1 rings (SSSR count). The van der Waals surface area contributed by atoms with Crippen molar-refractivity contribution in [2.24, 2.45) is 5.73 Å². The minimum Gasteiger partial charge on any atom is -0.504 e. The lowest BCUT2D eigenvalue weighted by molar-refractivity contribution is 0.373. The zero-order chi connectivity index (χ0) is 10.6. The minimum absolute atomic E-state index is 0.178. The lowest BCUT2D eigenvalue weighted by Crippen LogP contribution is -2.15. The van der Waals surface area contributed by atoms with Gasteiger partial charge in [0.15, 0.2) is 11.5 Å². The molecular formula is C11H17NO2. The van der Waals surface area contributed by atoms with E-state index in [0.717, 1.165) is 18.4 Å². The Kier molecular flexibility index (Phi) is 3.77. The molecule has 3 N–H and O–H groups in total. The van der Waals surface area contributed by atoms with Gasteiger partial charge in [0.2, 0.25) is 0 Å². The zero-order valence-corrected chi connectivity index (χ0v) is 8.66. The van der Waals surface area contributed by atoms with Crippen LogP contribution in [0.4, 0.5) is 0 Å². The number of hydrogen-bond donors (Lipinski definition) is 2. The maximum atomic E-state index is 9.36. The van der Waals surface area contributed by atoms with Gasteiger partial charge in [0, 0.05) is 6.04 Å². The maximum absolute atomic E-state index is 9.36. The van der Waals surface area contributed by atoms with Crippen molar-refractivity contribution in [2.75, 3.05) is 7.11 Å². The van der Waals surface area contributed by atoms with Crippen LogP contribution in [0.1, 0.15) is 18.9 Å². The Bertz CT molecular complexity index is 297. The minimum atomic E-state index is 0.178. The summed E-state index contributed by atoms with van der Waals surface area (Å²) in [7, 11) is 1.55. The molecule has 0 fully saturated rings. The first-order valence-corrected chi connectivity index (χ1v) is 4.75. The molecule has 14 heavy (non-hydrogen) atoms. The van der Waals surface area contributed by atoms with E-state index in [1.165, 1.54) is 0 Å². The standard InChI is InChI=1S/C11H17NO2/c1-8(12)3-4-9-5-6-10(13)11(7-9)14-2/h5-8,13H,3-4,12H2,1-2H3. The number of methoxy groups -OCH3 is 1. The van der Waals surface area contributed by atoms with E-state index in [4.69, 9.17) is 10.5 Å². The summed E-state index contributed by atoms with van der Waals surface area (Å²) in [6, 6.07) is 5.59. The van der Waals surface area contributed by atoms with Gasteiger partial charge in [-0.3, -0.25) is 0 Å². The van der Waals surface area contributed by atoms with Crippen molar-refractivity contribution in [3.8, 4) is 11.5 Å². The fourth-order valence-electron chi connectivity index (χ4n) is 1.27. The van der Waals surface area contributed by atoms with Crippen molar-refractivity contribution in [1.82, 2.24) is 0 Å². The Hall–Kier alpha value is -1.22. The third-order valence-corrected chi connectivity index (χ3v) is 2.13. The van der Waals surface area contributed by atoms with Crippen LogP contribution in [0.15, 0.2) is 18.2 Å². The summed E-state index contributed by atoms with van der Waals surface area (Å²) in [6.45, 7) is 1.98. The van der Waals surface area contributed by atoms with Gasteiger partial charge in [-0.2, -0.15) is 0 Å². The molecule has 0 aliphatic carbocycles. The monoisotopic (exact) mass is 195 g/mol. The van der Waals surface area contributed by atoms with Gasteiger partial charge in [-0.15, -0.1) is 0 Å². The summed E-state index contributed by atoms with van der Waals surface area (Å²) in [4.78, 5) is 0. The second kappa shape index (κ2) is 4.86. The number of nitrogens with two attached hydrogens (primary N) is 1. The van der Waals surface area contributed by atoms with Crippen LogP contribution in [0, 0.1) is 0 Å². The van der Waals surface area contributed by atoms with E-state index >= 15 is 0 Å². The molecule has 0 saturated carbocycles. The third kappa shape index (κ3) is 2.92. The molecule has 0 bridgehead atoms. The SMILES string of the molecule is COc1cc(CCC(C)N)ccc1O. The summed E-state index contributed by atoms with van der Waals surface area (Å²) in [5.74, 6) is 0.698. The lowest BCUT2D eigenvalue weighted by Gasteiger charge is -2.08. The van der Waals surface area contributed by atoms with Crippen LogP contribution in [0.3, 0.4) is 0 Å². The fraction of sp³-hybridized carbons (Fsp3) is 0.455. The van der Waals surface area contributed by atoms with Crippen molar-refractivity contribution in [3.05, 3.63) is 23.8 Å². The van der Waals surface area contributed by atoms with Crippen LogP contribution in [-0.4, -0.2) is 18.3 Å². The predicted octanol–water partition coefficient (Wildman–Crippen LogP) is 1.68. The molecule has 0 spiro atoms. The molecule has 3 heteroatoms. The highest BCUT2D eigenvalue weighted by atomic mass is 16.5. The Morgan fingerprint density at radius 2 is 2.21 bits per heavy atom. The molecule has 0 radical (unpaired) electrons. The predicted molar refractivity (Wildman–Crippen MR) is 56.6 cm³/mol. The number of benzene rings is 1. The molecule has 0 saturated heterocycles. The Morgan fingerprint density at radius 1 is 1.50 bits per heavy atom. The highest BCUT2D eigenvalue weighted by Crippen LogP contribution is 2.26. The second-order valence-corrected chi connectivity index (χ2v) is 3.52. The molecule has 1 aromatic rings. The summed E-state index contributed by atoms with van der Waals surface area (Å²) in [6.07, 6.45) is 1.85. The summed E-state index contributed by atoms with van der Waals surface area (Å²) in [5, 5.41) is 9.36. The molecule has 78 valence electrons. The van der Waals surface area contributed by atoms with Crippen molar-refractivity contribution < 1.29 is 9.84 Å². The molecule has 0 amide bonds. The lowest BCUT2D eigenvalue weighted by atomic mass is 10.1. The molecule has 1 aromatic carbocycles. The molecule has 3 nitrogen and oxygen atoms in total. The van der Waals surface area contributed by atoms with Gasteiger partial charge in [0.05, 0.1) is 7.11 Å². The summed E-state index contributed by atoms with van der Waals surface area (Å²) in [5.41, 5.74) is 6.80. The molecule has 1 atom stereocenters. The highest BCUT2D eigenvalue weighted by molar-refractivity contribution is 5.41. The van der Waals surface area contributed by atoms with Gasteiger partial charge in [-0.25, -0.2) is 0 Å². The van der Waals surface area contributed by atoms with Crippen LogP contribution in [-0.2, 0) is 6.42 Å². The van der Waals surface area contributed by atoms with Crippen LogP contribution in [0.5, 0.6) is 11.5 Å². The molecule has 0 heterocycles. The van der Waals surface area contributed by atoms with E-state index in [1.54, 1.807) is 13.2 Å². The van der Waals surface area contributed by atoms with Crippen LogP contribution < -0.4 is 10.5 Å². The third-order valence-electron chi connectivity index (χ3n) is 2.13. The van der Waals surface area contributed by atoms with Gasteiger partial charge < -0.3 is 15.6 Å². The Balaban J connectivity index is 2.69. The fourth-order valence-corrected chi connectivity index (χ4v) is 1.27. The smallest absolute Gasteiger partial charge is 0.160 e. The van der Waals surface area contributed by atoms with Crippen molar-refractivity contribution in [1.29, 1.82) is 0 Å². The van der Waals surface area contributed by atoms with Crippen LogP contribution in [0.2, 0.25) is 0 Å². The quantitative estimate of drug-likeness (QED) is 0.768. The van der Waals surface area contributed by atoms with E-state index in [0.29, 0.717) is 5.75 Å². The maximum Gasteiger partial charge on any atom is 0.160 e. The van der Waals surface area contributed by atoms with Gasteiger partial charge in [0.1, 0.15) is 0 Å². The zero-order valence-electron chi connectivity index (χ0n) is 8.66. The van der Waals surface area contributed by atoms with Crippen molar-refractivity contribution in [2.45, 2.75) is 25.8 Å². The highest BCUT2D eigenvalue weighted by Gasteiger charge is 2.03. The first kappa shape index (κ1) is 10.9. The van der Waals surface area contributed by atoms with E-state index in [2.05, 4.69) is 0 Å². The van der Waals surface area contributed by atoms with Crippen molar-refractivity contribution >= 4 is 0 Å². The van der Waals surface area contributed by atoms with Gasteiger partial charge in [-0.1, -0.05) is 6.07 Å². The van der Waals surface area contributed by atoms with Gasteiger partial charge in [-0.05, 0) is 37.5 Å². The molecule has 0 aromatic heterocycles. The number of aryl methyl sites for hydroxylation is 1. The summed E-state index contributed by atoms with van der Waals surface area (Å²) < 4.78 is 5.01. The topological polar surface area (TPSA) is 55.5 Å². The average Bonchev–Trinajstić information content (AvgIpc) is 2.16. The van der Waals surface area contributed by atoms with E-state index in [-0.39, 0.29) is 11.8 Å². The summed E-state index contributed by atoms with van der Waals surface area (Å²) >= 11 is 0. The largest absolute Gasteiger partial charge is 0.504 e. The Labute approximate surface area is 84.5 Å². The first-order valence-electron chi connectivity index (χ1n) is 4.75. The van der Waals surface area contributed by atoms with Gasteiger partial charge in [0.25, 0.3) is 0 Å². The molecule has 0 aliphatic heterocycles. The number of hydrogen-bond acceptors (Lipinski definition) is 3. The number of phenolic OH excluding ortho intramolecular Hbond substituents is 1. The van der Waals surface area contributed by atoms with Crippen LogP contribution in [0.25, 0.3) is 0 Å². The van der Waals surface area contributed by atoms with Crippen LogP contribution >= 0.6 is 0 Å². The van der Waals surface area contributed by atoms with E-state index in [1.807, 2.05) is 19.1 Å². The second-order valence-electron chi connectivity index (χ2n) is 3.52. The van der Waals surface area contributed by atoms with Gasteiger partial charge >= 0.3 is 0 Å². The molecule has 1 unspecified atom stereocenters. The number of phenols is 1. The van der Waals surface area contributed by atoms with Crippen molar-refractivity contribution in [3.63, 3.8) is 0 Å². The molecule has 0 aliphatic rings. The number of rotatable bonds is 4. The average molecular weight is 195 g/mol. The normalized spacial score (nSPS) is 12.5. The first-order chi connectivity index (χ1) is 6.63. The Morgan fingerprint density at radius 3 is 2.79 bits per heavy atom. The number of ether oxygens (including phenoxy) is 1. The molecular weight excluding hydrogens is 178 g/mol. The van der Waals surface area contributed by atoms with E-state index < -0.39 is 0 Å². The van der Waals surface area contributed by atoms with E-state index in [9.17, 15) is 5.11 Å². The number of aromatic hydroxyl groups is 1.